The molecule has 6 rings (SSSR count). The molecular weight excluding hydrogens is 572 g/mol. The van der Waals surface area contributed by atoms with Gasteiger partial charge in [0.15, 0.2) is 0 Å². The molecule has 0 radical (unpaired) electrons. The molecule has 1 atom stereocenters. The largest absolute Gasteiger partial charge is 0.489 e. The number of carbonyl (C=O) groups is 1. The summed E-state index contributed by atoms with van der Waals surface area (Å²) in [6.07, 6.45) is 10.7. The van der Waals surface area contributed by atoms with Crippen LogP contribution in [0.4, 0.5) is 0 Å². The van der Waals surface area contributed by atoms with Crippen LogP contribution in [-0.4, -0.2) is 51.9 Å². The number of allylic oxidation sites excluding steroid dienone is 2. The van der Waals surface area contributed by atoms with Crippen molar-refractivity contribution < 1.29 is 14.3 Å². The summed E-state index contributed by atoms with van der Waals surface area (Å²) in [7, 11) is 0. The van der Waals surface area contributed by atoms with Gasteiger partial charge in [-0.15, -0.1) is 0 Å². The molecule has 7 heteroatoms. The minimum Gasteiger partial charge on any atom is -0.489 e. The van der Waals surface area contributed by atoms with Crippen molar-refractivity contribution in [2.75, 3.05) is 19.8 Å². The second kappa shape index (κ2) is 13.6. The van der Waals surface area contributed by atoms with E-state index in [1.165, 1.54) is 5.70 Å². The van der Waals surface area contributed by atoms with Gasteiger partial charge in [-0.05, 0) is 81.0 Å². The van der Waals surface area contributed by atoms with Crippen molar-refractivity contribution in [3.8, 4) is 16.9 Å². The van der Waals surface area contributed by atoms with E-state index in [1.807, 2.05) is 45.0 Å². The molecule has 4 aromatic rings. The lowest BCUT2D eigenvalue weighted by Crippen LogP contribution is -2.26. The van der Waals surface area contributed by atoms with Crippen LogP contribution in [0.5, 0.6) is 5.75 Å². The van der Waals surface area contributed by atoms with Crippen molar-refractivity contribution in [1.29, 1.82) is 0 Å². The number of hydrogen-bond acceptors (Lipinski definition) is 6. The number of rotatable bonds is 11. The van der Waals surface area contributed by atoms with Gasteiger partial charge in [-0.3, -0.25) is 5.32 Å². The van der Waals surface area contributed by atoms with Gasteiger partial charge in [0.05, 0.1) is 30.3 Å². The fraction of sp³-hybridized carbons (Fsp3) is 0.385. The van der Waals surface area contributed by atoms with Crippen LogP contribution in [0, 0.1) is 6.92 Å². The first-order chi connectivity index (χ1) is 22.2. The SMILES string of the molecule is CCCCc1nc2c(C)ccc(OCCN3CNC4CC=CC=C43)c2n1Cc1ccc(-c2ccccc2C(=O)OC(C)(C)C)cc1. The fourth-order valence-corrected chi connectivity index (χ4v) is 6.33. The molecule has 1 fully saturated rings. The molecule has 1 unspecified atom stereocenters. The van der Waals surface area contributed by atoms with Crippen molar-refractivity contribution in [3.05, 3.63) is 107 Å². The van der Waals surface area contributed by atoms with Gasteiger partial charge < -0.3 is 18.9 Å². The van der Waals surface area contributed by atoms with Gasteiger partial charge in [-0.1, -0.05) is 74.0 Å². The second-order valence-electron chi connectivity index (χ2n) is 13.3. The Labute approximate surface area is 272 Å². The number of ether oxygens (including phenoxy) is 2. The third kappa shape index (κ3) is 6.90. The van der Waals surface area contributed by atoms with E-state index >= 15 is 0 Å². The maximum Gasteiger partial charge on any atom is 0.339 e. The minimum absolute atomic E-state index is 0.311. The highest BCUT2D eigenvalue weighted by atomic mass is 16.6. The standard InChI is InChI=1S/C39H46N4O3/c1-6-7-16-35-41-36-27(2)17-22-34(45-24-23-42-26-40-32-14-10-11-15-33(32)42)37(36)43(35)25-28-18-20-29(21-19-28)30-12-8-9-13-31(30)38(44)46-39(3,4)5/h8-13,15,17-22,32,40H,6-7,14,16,23-26H2,1-5H3. The normalized spacial score (nSPS) is 16.1. The highest BCUT2D eigenvalue weighted by molar-refractivity contribution is 5.97. The van der Waals surface area contributed by atoms with E-state index in [2.05, 4.69) is 83.3 Å². The number of nitrogens with zero attached hydrogens (tertiary/aromatic N) is 3. The van der Waals surface area contributed by atoms with E-state index in [4.69, 9.17) is 14.5 Å². The van der Waals surface area contributed by atoms with E-state index in [0.29, 0.717) is 24.8 Å². The van der Waals surface area contributed by atoms with Gasteiger partial charge in [0.2, 0.25) is 0 Å². The lowest BCUT2D eigenvalue weighted by Gasteiger charge is -2.22. The Morgan fingerprint density at radius 3 is 2.65 bits per heavy atom. The van der Waals surface area contributed by atoms with Gasteiger partial charge in [-0.2, -0.15) is 0 Å². The number of unbranched alkanes of at least 4 members (excludes halogenated alkanes) is 1. The molecule has 0 spiro atoms. The molecule has 7 nitrogen and oxygen atoms in total. The van der Waals surface area contributed by atoms with Crippen LogP contribution in [0.1, 0.15) is 74.3 Å². The molecule has 2 aliphatic rings. The molecule has 46 heavy (non-hydrogen) atoms. The van der Waals surface area contributed by atoms with Gasteiger partial charge in [0.25, 0.3) is 0 Å². The Balaban J connectivity index is 1.26. The molecule has 1 aliphatic heterocycles. The number of imidazole rings is 1. The van der Waals surface area contributed by atoms with Crippen molar-refractivity contribution in [1.82, 2.24) is 19.8 Å². The number of benzene rings is 3. The maximum absolute atomic E-state index is 13.0. The van der Waals surface area contributed by atoms with E-state index < -0.39 is 5.60 Å². The van der Waals surface area contributed by atoms with E-state index in [-0.39, 0.29) is 5.97 Å². The molecule has 0 saturated carbocycles. The molecule has 240 valence electrons. The summed E-state index contributed by atoms with van der Waals surface area (Å²) in [6.45, 7) is 13.0. The number of esters is 1. The summed E-state index contributed by atoms with van der Waals surface area (Å²) in [5.41, 5.74) is 7.59. The molecule has 1 N–H and O–H groups in total. The van der Waals surface area contributed by atoms with Crippen LogP contribution in [0.2, 0.25) is 0 Å². The third-order valence-corrected chi connectivity index (χ3v) is 8.69. The summed E-state index contributed by atoms with van der Waals surface area (Å²) in [4.78, 5) is 20.5. The Hall–Kier alpha value is -4.36. The predicted octanol–water partition coefficient (Wildman–Crippen LogP) is 7.81. The number of aromatic nitrogens is 2. The molecule has 3 aromatic carbocycles. The van der Waals surface area contributed by atoms with Crippen LogP contribution in [0.15, 0.2) is 84.6 Å². The van der Waals surface area contributed by atoms with Crippen LogP contribution in [-0.2, 0) is 17.7 Å². The highest BCUT2D eigenvalue weighted by Crippen LogP contribution is 2.32. The van der Waals surface area contributed by atoms with Crippen LogP contribution >= 0.6 is 0 Å². The van der Waals surface area contributed by atoms with Crippen molar-refractivity contribution in [3.63, 3.8) is 0 Å². The third-order valence-electron chi connectivity index (χ3n) is 8.69. The van der Waals surface area contributed by atoms with Crippen LogP contribution in [0.25, 0.3) is 22.2 Å². The van der Waals surface area contributed by atoms with Crippen LogP contribution in [0.3, 0.4) is 0 Å². The molecule has 1 aliphatic carbocycles. The van der Waals surface area contributed by atoms with Gasteiger partial charge >= 0.3 is 5.97 Å². The lowest BCUT2D eigenvalue weighted by molar-refractivity contribution is 0.00704. The first-order valence-electron chi connectivity index (χ1n) is 16.6. The molecule has 0 bridgehead atoms. The number of aryl methyl sites for hydroxylation is 2. The van der Waals surface area contributed by atoms with Gasteiger partial charge in [0, 0.05) is 18.7 Å². The average molecular weight is 619 g/mol. The molecule has 1 aromatic heterocycles. The highest BCUT2D eigenvalue weighted by Gasteiger charge is 2.27. The predicted molar refractivity (Wildman–Crippen MR) is 185 cm³/mol. The number of hydrogen-bond donors (Lipinski definition) is 1. The average Bonchev–Trinajstić information content (AvgIpc) is 3.63. The zero-order valence-electron chi connectivity index (χ0n) is 27.8. The minimum atomic E-state index is -0.558. The summed E-state index contributed by atoms with van der Waals surface area (Å²) >= 11 is 0. The molecule has 1 saturated heterocycles. The quantitative estimate of drug-likeness (QED) is 0.173. The van der Waals surface area contributed by atoms with Crippen molar-refractivity contribution in [2.24, 2.45) is 0 Å². The molecule has 2 heterocycles. The molecular formula is C39H46N4O3. The summed E-state index contributed by atoms with van der Waals surface area (Å²) in [5.74, 6) is 1.65. The fourth-order valence-electron chi connectivity index (χ4n) is 6.33. The van der Waals surface area contributed by atoms with Crippen LogP contribution < -0.4 is 10.1 Å². The number of nitrogens with one attached hydrogen (secondary N) is 1. The van der Waals surface area contributed by atoms with Crippen molar-refractivity contribution in [2.45, 2.75) is 78.5 Å². The summed E-state index contributed by atoms with van der Waals surface area (Å²) in [5, 5.41) is 3.60. The summed E-state index contributed by atoms with van der Waals surface area (Å²) in [6, 6.07) is 20.8. The summed E-state index contributed by atoms with van der Waals surface area (Å²) < 4.78 is 14.6. The lowest BCUT2D eigenvalue weighted by atomic mass is 9.98. The van der Waals surface area contributed by atoms with E-state index in [9.17, 15) is 4.79 Å². The number of carbonyl (C=O) groups excluding carboxylic acids is 1. The maximum atomic E-state index is 13.0. The van der Waals surface area contributed by atoms with E-state index in [1.54, 1.807) is 0 Å². The first kappa shape index (κ1) is 31.6. The van der Waals surface area contributed by atoms with E-state index in [0.717, 1.165) is 83.8 Å². The zero-order chi connectivity index (χ0) is 32.3. The second-order valence-corrected chi connectivity index (χ2v) is 13.3. The Morgan fingerprint density at radius 2 is 1.87 bits per heavy atom. The zero-order valence-corrected chi connectivity index (χ0v) is 27.8. The Kier molecular flexibility index (Phi) is 9.32. The monoisotopic (exact) mass is 618 g/mol. The topological polar surface area (TPSA) is 68.6 Å². The first-order valence-corrected chi connectivity index (χ1v) is 16.6. The van der Waals surface area contributed by atoms with Gasteiger partial charge in [0.1, 0.15) is 29.3 Å². The van der Waals surface area contributed by atoms with Crippen molar-refractivity contribution >= 4 is 17.0 Å². The molecule has 0 amide bonds. The Morgan fingerprint density at radius 1 is 1.07 bits per heavy atom. The van der Waals surface area contributed by atoms with Gasteiger partial charge in [-0.25, -0.2) is 9.78 Å². The smallest absolute Gasteiger partial charge is 0.339 e. The Bertz CT molecular complexity index is 1760. The number of fused-ring (bicyclic) bond motifs is 2.